The van der Waals surface area contributed by atoms with Crippen LogP contribution in [0.4, 0.5) is 0 Å². The maximum atomic E-state index is 13.7. The smallest absolute Gasteiger partial charge is 0.335 e. The molecule has 14 heteroatoms. The van der Waals surface area contributed by atoms with Crippen LogP contribution in [0.1, 0.15) is 51.7 Å². The predicted molar refractivity (Wildman–Crippen MR) is 145 cm³/mol. The molecule has 13 atom stereocenters. The molecule has 14 nitrogen and oxygen atoms in total. The van der Waals surface area contributed by atoms with Crippen molar-refractivity contribution in [3.05, 3.63) is 35.8 Å². The van der Waals surface area contributed by atoms with Crippen molar-refractivity contribution in [3.63, 3.8) is 0 Å². The van der Waals surface area contributed by atoms with Crippen LogP contribution in [0.2, 0.25) is 0 Å². The maximum Gasteiger partial charge on any atom is 0.335 e. The number of cyclic esters (lactones) is 1. The van der Waals surface area contributed by atoms with Gasteiger partial charge in [-0.2, -0.15) is 0 Å². The Kier molecular flexibility index (Phi) is 8.99. The topological polar surface area (TPSA) is 212 Å². The normalized spacial score (nSPS) is 42.7. The van der Waals surface area contributed by atoms with Crippen LogP contribution in [-0.2, 0) is 38.1 Å². The van der Waals surface area contributed by atoms with Crippen LogP contribution in [0.25, 0.3) is 0 Å². The summed E-state index contributed by atoms with van der Waals surface area (Å²) in [5.41, 5.74) is -1.38. The Bertz CT molecular complexity index is 1260. The molecule has 244 valence electrons. The molecular weight excluding hydrogens is 584 g/mol. The van der Waals surface area contributed by atoms with Crippen molar-refractivity contribution in [1.29, 1.82) is 0 Å². The lowest BCUT2D eigenvalue weighted by atomic mass is 9.44. The Hall–Kier alpha value is -2.85. The number of furan rings is 1. The molecule has 4 aliphatic rings. The zero-order valence-corrected chi connectivity index (χ0v) is 24.9. The van der Waals surface area contributed by atoms with Crippen molar-refractivity contribution >= 4 is 17.9 Å². The summed E-state index contributed by atoms with van der Waals surface area (Å²) in [6.45, 7) is 4.25. The molecular formula is C30H40O14. The first-order valence-electron chi connectivity index (χ1n) is 14.6. The number of hydrogen-bond donors (Lipinski definition) is 5. The van der Waals surface area contributed by atoms with E-state index in [2.05, 4.69) is 0 Å². The van der Waals surface area contributed by atoms with Crippen LogP contribution in [0.5, 0.6) is 0 Å². The molecule has 3 heterocycles. The highest BCUT2D eigenvalue weighted by Crippen LogP contribution is 2.66. The minimum atomic E-state index is -1.74. The van der Waals surface area contributed by atoms with Crippen molar-refractivity contribution in [3.8, 4) is 0 Å². The van der Waals surface area contributed by atoms with Gasteiger partial charge in [0.1, 0.15) is 42.7 Å². The van der Waals surface area contributed by atoms with Crippen molar-refractivity contribution in [2.75, 3.05) is 13.7 Å². The molecule has 0 bridgehead atoms. The van der Waals surface area contributed by atoms with E-state index in [1.807, 2.05) is 6.92 Å². The average Bonchev–Trinajstić information content (AvgIpc) is 3.53. The van der Waals surface area contributed by atoms with Gasteiger partial charge in [-0.1, -0.05) is 13.8 Å². The van der Waals surface area contributed by atoms with Gasteiger partial charge in [0, 0.05) is 16.6 Å². The standard InChI is InChI=1S/C30H40O14/c1-13(32)25(36)41-15-7-17(26(37)39-4)30(3)20(8-15)29(2)10-18(14-5-6-40-12-14)42-27(38)16(29)9-21(30)44-28-24(35)23(34)22(33)19(11-31)43-28/h5-7,12-13,15-16,18-24,28,31-35H,8-11H2,1-4H3/t13-,15+,16-,18+,19-,20+,21+,22-,23+,24-,28+,29-,30+/m1/s1. The molecule has 0 unspecified atom stereocenters. The summed E-state index contributed by atoms with van der Waals surface area (Å²) >= 11 is 0. The van der Waals surface area contributed by atoms with Crippen LogP contribution >= 0.6 is 0 Å². The lowest BCUT2D eigenvalue weighted by Crippen LogP contribution is -2.66. The molecule has 0 aromatic carbocycles. The second kappa shape index (κ2) is 12.2. The van der Waals surface area contributed by atoms with E-state index in [4.69, 9.17) is 28.1 Å². The van der Waals surface area contributed by atoms with Gasteiger partial charge < -0.3 is 53.6 Å². The summed E-state index contributed by atoms with van der Waals surface area (Å²) in [5, 5.41) is 51.0. The zero-order valence-electron chi connectivity index (χ0n) is 24.9. The first-order valence-corrected chi connectivity index (χ1v) is 14.6. The van der Waals surface area contributed by atoms with Crippen molar-refractivity contribution in [2.24, 2.45) is 22.7 Å². The first-order chi connectivity index (χ1) is 20.8. The van der Waals surface area contributed by atoms with Gasteiger partial charge in [-0.25, -0.2) is 9.59 Å². The van der Waals surface area contributed by atoms with Gasteiger partial charge in [0.25, 0.3) is 0 Å². The minimum Gasteiger partial charge on any atom is -0.472 e. The maximum absolute atomic E-state index is 13.7. The summed E-state index contributed by atoms with van der Waals surface area (Å²) in [6.07, 6.45) is -7.13. The molecule has 0 radical (unpaired) electrons. The Morgan fingerprint density at radius 3 is 2.48 bits per heavy atom. The first kappa shape index (κ1) is 32.5. The number of fused-ring (bicyclic) bond motifs is 3. The predicted octanol–water partition coefficient (Wildman–Crippen LogP) is -0.103. The number of ether oxygens (including phenoxy) is 5. The van der Waals surface area contributed by atoms with Gasteiger partial charge in [0.2, 0.25) is 0 Å². The van der Waals surface area contributed by atoms with E-state index in [1.54, 1.807) is 13.0 Å². The summed E-state index contributed by atoms with van der Waals surface area (Å²) in [6, 6.07) is 1.70. The number of aliphatic hydroxyl groups is 5. The van der Waals surface area contributed by atoms with Crippen LogP contribution in [0, 0.1) is 22.7 Å². The summed E-state index contributed by atoms with van der Waals surface area (Å²) in [7, 11) is 1.20. The van der Waals surface area contributed by atoms with E-state index < -0.39 is 102 Å². The van der Waals surface area contributed by atoms with E-state index in [0.717, 1.165) is 0 Å². The lowest BCUT2D eigenvalue weighted by molar-refractivity contribution is -0.329. The van der Waals surface area contributed by atoms with Crippen LogP contribution < -0.4 is 0 Å². The molecule has 5 N–H and O–H groups in total. The quantitative estimate of drug-likeness (QED) is 0.198. The number of hydrogen-bond acceptors (Lipinski definition) is 14. The van der Waals surface area contributed by atoms with Gasteiger partial charge in [-0.05, 0) is 49.7 Å². The number of rotatable bonds is 7. The molecule has 2 aliphatic carbocycles. The number of carbonyl (C=O) groups is 3. The second-order valence-corrected chi connectivity index (χ2v) is 12.6. The van der Waals surface area contributed by atoms with Crippen molar-refractivity contribution in [2.45, 2.75) is 95.2 Å². The molecule has 1 saturated carbocycles. The minimum absolute atomic E-state index is 0.00191. The molecule has 3 fully saturated rings. The van der Waals surface area contributed by atoms with Gasteiger partial charge in [-0.3, -0.25) is 4.79 Å². The molecule has 1 aromatic heterocycles. The highest BCUT2D eigenvalue weighted by atomic mass is 16.7. The fourth-order valence-electron chi connectivity index (χ4n) is 7.65. The third-order valence-corrected chi connectivity index (χ3v) is 10.1. The highest BCUT2D eigenvalue weighted by molar-refractivity contribution is 5.91. The SMILES string of the molecule is COC(=O)C1=C[C@H](OC(=O)[C@@H](C)O)C[C@H]2[C@]3(C)C[C@@H](c4ccoc4)OC(=O)[C@H]3C[C@H](O[C@@H]3O[C@H](CO)[C@@H](O)[C@H](O)[C@H]3O)[C@@]12C. The molecule has 44 heavy (non-hydrogen) atoms. The van der Waals surface area contributed by atoms with Gasteiger partial charge in [-0.15, -0.1) is 0 Å². The third-order valence-electron chi connectivity index (χ3n) is 10.1. The Balaban J connectivity index is 1.60. The summed E-state index contributed by atoms with van der Waals surface area (Å²) < 4.78 is 33.8. The Labute approximate surface area is 253 Å². The molecule has 5 rings (SSSR count). The zero-order chi connectivity index (χ0) is 32.1. The van der Waals surface area contributed by atoms with E-state index >= 15 is 0 Å². The monoisotopic (exact) mass is 624 g/mol. The van der Waals surface area contributed by atoms with Crippen molar-refractivity contribution < 1.29 is 68.0 Å². The number of methoxy groups -OCH3 is 1. The lowest BCUT2D eigenvalue weighted by Gasteiger charge is -2.62. The molecule has 2 aliphatic heterocycles. The van der Waals surface area contributed by atoms with Gasteiger partial charge in [0.15, 0.2) is 6.29 Å². The molecule has 1 aromatic rings. The molecule has 0 amide bonds. The Morgan fingerprint density at radius 1 is 1.14 bits per heavy atom. The molecule has 2 saturated heterocycles. The van der Waals surface area contributed by atoms with Crippen LogP contribution in [0.15, 0.2) is 34.7 Å². The second-order valence-electron chi connectivity index (χ2n) is 12.6. The fraction of sp³-hybridized carbons (Fsp3) is 0.700. The highest BCUT2D eigenvalue weighted by Gasteiger charge is 2.67. The summed E-state index contributed by atoms with van der Waals surface area (Å²) in [5.74, 6) is -3.57. The Morgan fingerprint density at radius 2 is 1.86 bits per heavy atom. The fourth-order valence-corrected chi connectivity index (χ4v) is 7.65. The van der Waals surface area contributed by atoms with E-state index in [1.165, 1.54) is 32.6 Å². The van der Waals surface area contributed by atoms with E-state index in [0.29, 0.717) is 12.0 Å². The number of carbonyl (C=O) groups excluding carboxylic acids is 3. The largest absolute Gasteiger partial charge is 0.472 e. The van der Waals surface area contributed by atoms with Crippen LogP contribution in [-0.4, -0.2) is 106 Å². The number of esters is 3. The van der Waals surface area contributed by atoms with Gasteiger partial charge in [0.05, 0.1) is 38.3 Å². The van der Waals surface area contributed by atoms with E-state index in [9.17, 15) is 39.9 Å². The van der Waals surface area contributed by atoms with Crippen LogP contribution in [0.3, 0.4) is 0 Å². The van der Waals surface area contributed by atoms with Gasteiger partial charge >= 0.3 is 17.9 Å². The average molecular weight is 625 g/mol. The number of aliphatic hydroxyl groups excluding tert-OH is 5. The third kappa shape index (κ3) is 5.36. The van der Waals surface area contributed by atoms with E-state index in [-0.39, 0.29) is 18.4 Å². The van der Waals surface area contributed by atoms with Crippen molar-refractivity contribution in [1.82, 2.24) is 0 Å². The molecule has 0 spiro atoms. The summed E-state index contributed by atoms with van der Waals surface area (Å²) in [4.78, 5) is 39.6.